The van der Waals surface area contributed by atoms with Gasteiger partial charge in [-0.3, -0.25) is 4.79 Å². The molecule has 2 fully saturated rings. The lowest BCUT2D eigenvalue weighted by atomic mass is 10.0. The summed E-state index contributed by atoms with van der Waals surface area (Å²) in [5, 5.41) is 3.44. The molecule has 136 valence electrons. The Morgan fingerprint density at radius 3 is 2.64 bits per heavy atom. The molecular weight excluding hydrogens is 316 g/mol. The molecule has 1 N–H and O–H groups in total. The van der Waals surface area contributed by atoms with Gasteiger partial charge >= 0.3 is 0 Å². The SMILES string of the molecule is CN1CC(=O)N(C2CCCNC2)Cc2c1ncnc2N1CCCCC1. The summed E-state index contributed by atoms with van der Waals surface area (Å²) in [7, 11) is 1.96. The lowest BCUT2D eigenvalue weighted by molar-refractivity contribution is -0.132. The molecule has 0 radical (unpaired) electrons. The minimum Gasteiger partial charge on any atom is -0.356 e. The molecule has 3 aliphatic rings. The molecule has 0 spiro atoms. The molecule has 7 heteroatoms. The van der Waals surface area contributed by atoms with Crippen molar-refractivity contribution in [3.05, 3.63) is 11.9 Å². The van der Waals surface area contributed by atoms with Gasteiger partial charge in [0.2, 0.25) is 5.91 Å². The zero-order valence-corrected chi connectivity index (χ0v) is 15.1. The molecule has 7 nitrogen and oxygen atoms in total. The Morgan fingerprint density at radius 2 is 1.88 bits per heavy atom. The summed E-state index contributed by atoms with van der Waals surface area (Å²) in [4.78, 5) is 28.5. The van der Waals surface area contributed by atoms with Crippen molar-refractivity contribution in [1.82, 2.24) is 20.2 Å². The standard InChI is InChI=1S/C18H28N6O/c1-22-12-16(25)24(14-6-5-7-19-10-14)11-15-17(22)20-13-21-18(15)23-8-3-2-4-9-23/h13-14,19H,2-12H2,1H3. The normalized spacial score (nSPS) is 24.9. The Bertz CT molecular complexity index is 624. The van der Waals surface area contributed by atoms with E-state index in [0.717, 1.165) is 56.2 Å². The lowest BCUT2D eigenvalue weighted by Crippen LogP contribution is -2.49. The van der Waals surface area contributed by atoms with E-state index in [1.54, 1.807) is 6.33 Å². The number of hydrogen-bond donors (Lipinski definition) is 1. The maximum Gasteiger partial charge on any atom is 0.242 e. The van der Waals surface area contributed by atoms with Gasteiger partial charge in [0.05, 0.1) is 18.7 Å². The van der Waals surface area contributed by atoms with Crippen LogP contribution in [0.2, 0.25) is 0 Å². The predicted octanol–water partition coefficient (Wildman–Crippen LogP) is 0.997. The van der Waals surface area contributed by atoms with Crippen molar-refractivity contribution in [2.75, 3.05) is 49.6 Å². The minimum absolute atomic E-state index is 0.193. The predicted molar refractivity (Wildman–Crippen MR) is 97.8 cm³/mol. The van der Waals surface area contributed by atoms with Crippen molar-refractivity contribution in [1.29, 1.82) is 0 Å². The largest absolute Gasteiger partial charge is 0.356 e. The molecule has 0 aromatic carbocycles. The van der Waals surface area contributed by atoms with Crippen LogP contribution in [0.25, 0.3) is 0 Å². The molecule has 1 aromatic rings. The first-order chi connectivity index (χ1) is 12.2. The molecule has 1 unspecified atom stereocenters. The highest BCUT2D eigenvalue weighted by atomic mass is 16.2. The van der Waals surface area contributed by atoms with E-state index in [9.17, 15) is 4.79 Å². The number of carbonyl (C=O) groups excluding carboxylic acids is 1. The molecule has 25 heavy (non-hydrogen) atoms. The summed E-state index contributed by atoms with van der Waals surface area (Å²) < 4.78 is 0. The lowest BCUT2D eigenvalue weighted by Gasteiger charge is -2.35. The summed E-state index contributed by atoms with van der Waals surface area (Å²) in [6.07, 6.45) is 7.57. The van der Waals surface area contributed by atoms with Gasteiger partial charge in [0.1, 0.15) is 18.0 Å². The third-order valence-electron chi connectivity index (χ3n) is 5.65. The summed E-state index contributed by atoms with van der Waals surface area (Å²) in [5.74, 6) is 2.13. The van der Waals surface area contributed by atoms with E-state index in [-0.39, 0.29) is 11.9 Å². The minimum atomic E-state index is 0.193. The summed E-state index contributed by atoms with van der Waals surface area (Å²) >= 11 is 0. The smallest absolute Gasteiger partial charge is 0.242 e. The van der Waals surface area contributed by atoms with Gasteiger partial charge in [-0.2, -0.15) is 0 Å². The summed E-state index contributed by atoms with van der Waals surface area (Å²) in [6.45, 7) is 5.05. The van der Waals surface area contributed by atoms with Gasteiger partial charge in [-0.1, -0.05) is 0 Å². The molecule has 3 aliphatic heterocycles. The van der Waals surface area contributed by atoms with Gasteiger partial charge in [0.25, 0.3) is 0 Å². The Labute approximate surface area is 149 Å². The molecule has 4 rings (SSSR count). The molecule has 4 heterocycles. The quantitative estimate of drug-likeness (QED) is 0.863. The number of anilines is 2. The van der Waals surface area contributed by atoms with Crippen LogP contribution < -0.4 is 15.1 Å². The number of piperidine rings is 2. The highest BCUT2D eigenvalue weighted by Gasteiger charge is 2.33. The number of nitrogens with one attached hydrogen (secondary N) is 1. The molecule has 1 atom stereocenters. The van der Waals surface area contributed by atoms with Gasteiger partial charge in [0, 0.05) is 32.7 Å². The Balaban J connectivity index is 1.68. The van der Waals surface area contributed by atoms with E-state index in [1.807, 2.05) is 11.9 Å². The third kappa shape index (κ3) is 3.29. The van der Waals surface area contributed by atoms with Crippen molar-refractivity contribution in [2.24, 2.45) is 0 Å². The van der Waals surface area contributed by atoms with Crippen LogP contribution in [-0.2, 0) is 11.3 Å². The van der Waals surface area contributed by atoms with E-state index in [0.29, 0.717) is 13.1 Å². The number of hydrogen-bond acceptors (Lipinski definition) is 6. The highest BCUT2D eigenvalue weighted by molar-refractivity contribution is 5.84. The number of likely N-dealkylation sites (N-methyl/N-ethyl adjacent to an activating group) is 1. The number of aromatic nitrogens is 2. The topological polar surface area (TPSA) is 64.6 Å². The Hall–Kier alpha value is -1.89. The van der Waals surface area contributed by atoms with Crippen LogP contribution in [0.15, 0.2) is 6.33 Å². The molecule has 1 amide bonds. The summed E-state index contributed by atoms with van der Waals surface area (Å²) in [6, 6.07) is 0.273. The maximum absolute atomic E-state index is 12.9. The van der Waals surface area contributed by atoms with Crippen LogP contribution in [0.3, 0.4) is 0 Å². The van der Waals surface area contributed by atoms with Crippen LogP contribution in [0.5, 0.6) is 0 Å². The van der Waals surface area contributed by atoms with Crippen LogP contribution >= 0.6 is 0 Å². The van der Waals surface area contributed by atoms with Crippen LogP contribution in [0.1, 0.15) is 37.7 Å². The highest BCUT2D eigenvalue weighted by Crippen LogP contribution is 2.32. The molecule has 0 saturated carbocycles. The van der Waals surface area contributed by atoms with Crippen molar-refractivity contribution in [2.45, 2.75) is 44.7 Å². The molecule has 0 bridgehead atoms. The number of fused-ring (bicyclic) bond motifs is 1. The number of amides is 1. The van der Waals surface area contributed by atoms with Gasteiger partial charge in [0.15, 0.2) is 0 Å². The van der Waals surface area contributed by atoms with Gasteiger partial charge in [-0.25, -0.2) is 9.97 Å². The van der Waals surface area contributed by atoms with E-state index in [2.05, 4.69) is 25.1 Å². The Kier molecular flexibility index (Phi) is 4.74. The van der Waals surface area contributed by atoms with E-state index in [4.69, 9.17) is 0 Å². The summed E-state index contributed by atoms with van der Waals surface area (Å²) in [5.41, 5.74) is 1.11. The second-order valence-electron chi connectivity index (χ2n) is 7.43. The first-order valence-corrected chi connectivity index (χ1v) is 9.54. The third-order valence-corrected chi connectivity index (χ3v) is 5.65. The number of nitrogens with zero attached hydrogens (tertiary/aromatic N) is 5. The average molecular weight is 344 g/mol. The van der Waals surface area contributed by atoms with Crippen molar-refractivity contribution < 1.29 is 4.79 Å². The van der Waals surface area contributed by atoms with E-state index in [1.165, 1.54) is 19.3 Å². The van der Waals surface area contributed by atoms with Gasteiger partial charge in [-0.05, 0) is 38.6 Å². The molecule has 1 aromatic heterocycles. The second-order valence-corrected chi connectivity index (χ2v) is 7.43. The molecule has 2 saturated heterocycles. The van der Waals surface area contributed by atoms with Crippen LogP contribution in [-0.4, -0.2) is 66.6 Å². The fraction of sp³-hybridized carbons (Fsp3) is 0.722. The fourth-order valence-corrected chi connectivity index (χ4v) is 4.30. The number of rotatable bonds is 2. The van der Waals surface area contributed by atoms with Crippen LogP contribution in [0.4, 0.5) is 11.6 Å². The Morgan fingerprint density at radius 1 is 1.08 bits per heavy atom. The number of carbonyl (C=O) groups is 1. The first-order valence-electron chi connectivity index (χ1n) is 9.54. The maximum atomic E-state index is 12.9. The van der Waals surface area contributed by atoms with E-state index >= 15 is 0 Å². The monoisotopic (exact) mass is 344 g/mol. The van der Waals surface area contributed by atoms with Crippen molar-refractivity contribution in [3.8, 4) is 0 Å². The van der Waals surface area contributed by atoms with E-state index < -0.39 is 0 Å². The average Bonchev–Trinajstić information content (AvgIpc) is 2.79. The van der Waals surface area contributed by atoms with Gasteiger partial charge in [-0.15, -0.1) is 0 Å². The molecule has 0 aliphatic carbocycles. The first kappa shape index (κ1) is 16.6. The van der Waals surface area contributed by atoms with Crippen molar-refractivity contribution in [3.63, 3.8) is 0 Å². The van der Waals surface area contributed by atoms with Crippen LogP contribution in [0, 0.1) is 0 Å². The van der Waals surface area contributed by atoms with Gasteiger partial charge < -0.3 is 20.0 Å². The fourth-order valence-electron chi connectivity index (χ4n) is 4.30. The zero-order chi connectivity index (χ0) is 17.2. The second kappa shape index (κ2) is 7.15. The van der Waals surface area contributed by atoms with Crippen molar-refractivity contribution >= 4 is 17.5 Å². The molecular formula is C18H28N6O. The zero-order valence-electron chi connectivity index (χ0n) is 15.1.